The van der Waals surface area contributed by atoms with Gasteiger partial charge in [-0.05, 0) is 79.5 Å². The first-order valence-corrected chi connectivity index (χ1v) is 10.3. The lowest BCUT2D eigenvalue weighted by Gasteiger charge is -2.25. The van der Waals surface area contributed by atoms with Gasteiger partial charge in [0, 0.05) is 5.54 Å². The van der Waals surface area contributed by atoms with Crippen LogP contribution >= 0.6 is 0 Å². The van der Waals surface area contributed by atoms with Gasteiger partial charge in [0.15, 0.2) is 0 Å². The van der Waals surface area contributed by atoms with Crippen LogP contribution in [0.25, 0.3) is 6.08 Å². The van der Waals surface area contributed by atoms with E-state index in [9.17, 15) is 5.11 Å². The van der Waals surface area contributed by atoms with Crippen molar-refractivity contribution < 1.29 is 5.11 Å². The highest BCUT2D eigenvalue weighted by Crippen LogP contribution is 2.40. The molecule has 0 unspecified atom stereocenters. The molecule has 2 aliphatic rings. The maximum atomic E-state index is 9.53. The number of aryl methyl sites for hydroxylation is 2. The quantitative estimate of drug-likeness (QED) is 0.824. The number of nitrogens with two attached hydrogens (primary N) is 1. The summed E-state index contributed by atoms with van der Waals surface area (Å²) in [7, 11) is 0. The van der Waals surface area contributed by atoms with Crippen LogP contribution in [0.3, 0.4) is 0 Å². The van der Waals surface area contributed by atoms with Gasteiger partial charge in [0.25, 0.3) is 0 Å². The van der Waals surface area contributed by atoms with Crippen LogP contribution in [0.15, 0.2) is 48.5 Å². The molecule has 0 spiro atoms. The van der Waals surface area contributed by atoms with E-state index in [0.29, 0.717) is 11.8 Å². The van der Waals surface area contributed by atoms with E-state index in [4.69, 9.17) is 5.73 Å². The molecule has 2 nitrogen and oxygen atoms in total. The number of fused-ring (bicyclic) bond motifs is 1. The summed E-state index contributed by atoms with van der Waals surface area (Å²) in [5.41, 5.74) is 13.0. The van der Waals surface area contributed by atoms with Gasteiger partial charge in [-0.15, -0.1) is 0 Å². The molecule has 0 aliphatic heterocycles. The van der Waals surface area contributed by atoms with Crippen LogP contribution in [0.5, 0.6) is 0 Å². The van der Waals surface area contributed by atoms with E-state index in [1.54, 1.807) is 0 Å². The summed E-state index contributed by atoms with van der Waals surface area (Å²) in [4.78, 5) is 0. The molecule has 2 aliphatic carbocycles. The van der Waals surface area contributed by atoms with Gasteiger partial charge < -0.3 is 10.8 Å². The lowest BCUT2D eigenvalue weighted by Crippen LogP contribution is -2.40. The van der Waals surface area contributed by atoms with Crippen LogP contribution in [0.4, 0.5) is 0 Å². The number of aliphatic hydroxyl groups is 1. The molecular formula is C25H31NO. The van der Waals surface area contributed by atoms with Gasteiger partial charge >= 0.3 is 0 Å². The molecule has 1 fully saturated rings. The van der Waals surface area contributed by atoms with Crippen molar-refractivity contribution >= 4 is 6.08 Å². The Morgan fingerprint density at radius 3 is 2.81 bits per heavy atom. The molecular weight excluding hydrogens is 330 g/mol. The Morgan fingerprint density at radius 2 is 2.04 bits per heavy atom. The SMILES string of the molecule is Cc1cccc(/C=C/[C@@H]2CCc3cc([C@H]4CC[C@](N)(CO)C4)ccc3C2)c1. The summed E-state index contributed by atoms with van der Waals surface area (Å²) in [5.74, 6) is 1.13. The van der Waals surface area contributed by atoms with E-state index in [1.807, 2.05) is 0 Å². The van der Waals surface area contributed by atoms with Crippen LogP contribution in [-0.4, -0.2) is 17.3 Å². The van der Waals surface area contributed by atoms with Crippen molar-refractivity contribution in [3.8, 4) is 0 Å². The maximum Gasteiger partial charge on any atom is 0.0611 e. The average Bonchev–Trinajstić information content (AvgIpc) is 3.09. The van der Waals surface area contributed by atoms with Crippen molar-refractivity contribution in [2.75, 3.05) is 6.61 Å². The van der Waals surface area contributed by atoms with Crippen LogP contribution < -0.4 is 5.73 Å². The van der Waals surface area contributed by atoms with Crippen molar-refractivity contribution in [1.29, 1.82) is 0 Å². The molecule has 0 radical (unpaired) electrons. The van der Waals surface area contributed by atoms with Crippen molar-refractivity contribution in [3.63, 3.8) is 0 Å². The standard InChI is InChI=1S/C25H31NO/c1-18-3-2-4-19(13-18)5-6-20-7-8-22-15-23(10-9-21(22)14-20)24-11-12-25(26,16-24)17-27/h2-6,9-10,13,15,20,24,27H,7-8,11-12,14,16-17,26H2,1H3/b6-5+/t20-,24+,25-/m1/s1. The minimum Gasteiger partial charge on any atom is -0.394 e. The van der Waals surface area contributed by atoms with Gasteiger partial charge in [-0.2, -0.15) is 0 Å². The zero-order valence-corrected chi connectivity index (χ0v) is 16.3. The van der Waals surface area contributed by atoms with E-state index in [2.05, 4.69) is 61.5 Å². The molecule has 2 aromatic rings. The minimum atomic E-state index is -0.369. The fourth-order valence-electron chi connectivity index (χ4n) is 4.83. The number of hydrogen-bond donors (Lipinski definition) is 2. The van der Waals surface area contributed by atoms with Crippen LogP contribution in [0, 0.1) is 12.8 Å². The monoisotopic (exact) mass is 361 g/mol. The highest BCUT2D eigenvalue weighted by atomic mass is 16.3. The molecule has 0 saturated heterocycles. The van der Waals surface area contributed by atoms with E-state index in [1.165, 1.54) is 34.2 Å². The number of rotatable bonds is 4. The molecule has 0 heterocycles. The molecule has 142 valence electrons. The molecule has 3 N–H and O–H groups in total. The first-order chi connectivity index (χ1) is 13.0. The van der Waals surface area contributed by atoms with Gasteiger partial charge in [-0.25, -0.2) is 0 Å². The van der Waals surface area contributed by atoms with Crippen molar-refractivity contribution in [3.05, 3.63) is 76.4 Å². The predicted molar refractivity (Wildman–Crippen MR) is 113 cm³/mol. The first-order valence-electron chi connectivity index (χ1n) is 10.3. The smallest absolute Gasteiger partial charge is 0.0611 e. The Balaban J connectivity index is 1.44. The van der Waals surface area contributed by atoms with Gasteiger partial charge in [0.2, 0.25) is 0 Å². The number of benzene rings is 2. The van der Waals surface area contributed by atoms with E-state index in [-0.39, 0.29) is 12.1 Å². The molecule has 0 amide bonds. The van der Waals surface area contributed by atoms with Crippen molar-refractivity contribution in [2.24, 2.45) is 11.7 Å². The molecule has 2 heteroatoms. The van der Waals surface area contributed by atoms with Crippen LogP contribution in [-0.2, 0) is 12.8 Å². The largest absolute Gasteiger partial charge is 0.394 e. The summed E-state index contributed by atoms with van der Waals surface area (Å²) in [6.45, 7) is 2.24. The number of allylic oxidation sites excluding steroid dienone is 1. The molecule has 4 rings (SSSR count). The molecule has 0 aromatic heterocycles. The lowest BCUT2D eigenvalue weighted by molar-refractivity contribution is 0.198. The summed E-state index contributed by atoms with van der Waals surface area (Å²) < 4.78 is 0. The van der Waals surface area contributed by atoms with Gasteiger partial charge in [-0.3, -0.25) is 0 Å². The molecule has 3 atom stereocenters. The molecule has 2 aromatic carbocycles. The molecule has 1 saturated carbocycles. The van der Waals surface area contributed by atoms with Crippen molar-refractivity contribution in [1.82, 2.24) is 0 Å². The third-order valence-corrected chi connectivity index (χ3v) is 6.53. The minimum absolute atomic E-state index is 0.101. The fourth-order valence-corrected chi connectivity index (χ4v) is 4.83. The number of aliphatic hydroxyl groups excluding tert-OH is 1. The first kappa shape index (κ1) is 18.5. The Hall–Kier alpha value is -1.90. The Bertz CT molecular complexity index is 840. The second-order valence-corrected chi connectivity index (χ2v) is 8.76. The Morgan fingerprint density at radius 1 is 1.15 bits per heavy atom. The highest BCUT2D eigenvalue weighted by Gasteiger charge is 2.36. The predicted octanol–water partition coefficient (Wildman–Crippen LogP) is 4.77. The van der Waals surface area contributed by atoms with Crippen LogP contribution in [0.1, 0.15) is 59.4 Å². The zero-order valence-electron chi connectivity index (χ0n) is 16.3. The van der Waals surface area contributed by atoms with Gasteiger partial charge in [0.05, 0.1) is 6.61 Å². The maximum absolute atomic E-state index is 9.53. The number of hydrogen-bond acceptors (Lipinski definition) is 2. The van der Waals surface area contributed by atoms with Gasteiger partial charge in [-0.1, -0.05) is 60.2 Å². The van der Waals surface area contributed by atoms with Crippen LogP contribution in [0.2, 0.25) is 0 Å². The topological polar surface area (TPSA) is 46.2 Å². The average molecular weight is 362 g/mol. The third kappa shape index (κ3) is 4.17. The molecule has 0 bridgehead atoms. The summed E-state index contributed by atoms with van der Waals surface area (Å²) in [6.07, 6.45) is 11.1. The fraction of sp³-hybridized carbons (Fsp3) is 0.440. The van der Waals surface area contributed by atoms with E-state index in [0.717, 1.165) is 32.1 Å². The summed E-state index contributed by atoms with van der Waals surface area (Å²) >= 11 is 0. The van der Waals surface area contributed by atoms with Gasteiger partial charge in [0.1, 0.15) is 0 Å². The third-order valence-electron chi connectivity index (χ3n) is 6.53. The van der Waals surface area contributed by atoms with E-state index < -0.39 is 0 Å². The summed E-state index contributed by atoms with van der Waals surface area (Å²) in [6, 6.07) is 15.8. The zero-order chi connectivity index (χ0) is 18.9. The lowest BCUT2D eigenvalue weighted by atomic mass is 9.81. The highest BCUT2D eigenvalue weighted by molar-refractivity contribution is 5.51. The normalized spacial score (nSPS) is 27.8. The summed E-state index contributed by atoms with van der Waals surface area (Å²) in [5, 5.41) is 9.53. The van der Waals surface area contributed by atoms with E-state index >= 15 is 0 Å². The second kappa shape index (κ2) is 7.61. The molecule has 27 heavy (non-hydrogen) atoms. The van der Waals surface area contributed by atoms with Crippen molar-refractivity contribution in [2.45, 2.75) is 56.9 Å². The Labute approximate surface area is 163 Å². The Kier molecular flexibility index (Phi) is 5.21. The second-order valence-electron chi connectivity index (χ2n) is 8.76.